The lowest BCUT2D eigenvalue weighted by Gasteiger charge is -2.15. The number of nitrogens with one attached hydrogen (secondary N) is 1. The number of hydrogen-bond acceptors (Lipinski definition) is 5. The number of halogens is 2. The number of benzene rings is 3. The molecule has 3 aromatic carbocycles. The van der Waals surface area contributed by atoms with Gasteiger partial charge in [0.25, 0.3) is 17.5 Å². The number of nitrogens with zero attached hydrogens (tertiary/aromatic N) is 2. The molecule has 1 aliphatic heterocycles. The third-order valence-corrected chi connectivity index (χ3v) is 4.66. The number of imide groups is 1. The normalized spacial score (nSPS) is 13.7. The van der Waals surface area contributed by atoms with Crippen LogP contribution in [0.5, 0.6) is 0 Å². The van der Waals surface area contributed by atoms with Crippen LogP contribution in [0.15, 0.2) is 78.5 Å². The van der Waals surface area contributed by atoms with Crippen molar-refractivity contribution in [3.63, 3.8) is 0 Å². The number of hydrogen-bond donors (Lipinski definition) is 1. The third-order valence-electron chi connectivity index (χ3n) is 4.66. The van der Waals surface area contributed by atoms with Gasteiger partial charge in [0.05, 0.1) is 16.2 Å². The third kappa shape index (κ3) is 3.64. The molecule has 1 aliphatic rings. The number of nitro groups is 1. The van der Waals surface area contributed by atoms with Gasteiger partial charge in [0.15, 0.2) is 11.6 Å². The van der Waals surface area contributed by atoms with E-state index in [-0.39, 0.29) is 28.2 Å². The van der Waals surface area contributed by atoms with E-state index in [0.29, 0.717) is 5.69 Å². The minimum atomic E-state index is -1.21. The Hall–Kier alpha value is -4.40. The van der Waals surface area contributed by atoms with Crippen LogP contribution < -0.4 is 10.2 Å². The van der Waals surface area contributed by atoms with Gasteiger partial charge in [-0.05, 0) is 42.0 Å². The average Bonchev–Trinajstić information content (AvgIpc) is 3.00. The van der Waals surface area contributed by atoms with Crippen molar-refractivity contribution in [1.29, 1.82) is 0 Å². The maximum atomic E-state index is 13.8. The number of para-hydroxylation sites is 1. The summed E-state index contributed by atoms with van der Waals surface area (Å²) in [5.74, 6) is -3.87. The predicted molar refractivity (Wildman–Crippen MR) is 109 cm³/mol. The average molecular weight is 421 g/mol. The first-order chi connectivity index (χ1) is 14.9. The lowest BCUT2D eigenvalue weighted by molar-refractivity contribution is -0.384. The molecule has 0 fully saturated rings. The number of carbonyl (C=O) groups is 2. The van der Waals surface area contributed by atoms with E-state index in [0.717, 1.165) is 23.1 Å². The molecule has 0 spiro atoms. The Bertz CT molecular complexity index is 1240. The van der Waals surface area contributed by atoms with Crippen molar-refractivity contribution in [3.05, 3.63) is 106 Å². The highest BCUT2D eigenvalue weighted by molar-refractivity contribution is 6.46. The van der Waals surface area contributed by atoms with Gasteiger partial charge < -0.3 is 5.32 Å². The monoisotopic (exact) mass is 421 g/mol. The molecule has 3 aromatic rings. The van der Waals surface area contributed by atoms with Crippen LogP contribution in [-0.4, -0.2) is 16.7 Å². The summed E-state index contributed by atoms with van der Waals surface area (Å²) in [5.41, 5.74) is 0.315. The maximum Gasteiger partial charge on any atom is 0.282 e. The Kier molecular flexibility index (Phi) is 5.00. The van der Waals surface area contributed by atoms with Gasteiger partial charge in [-0.25, -0.2) is 13.7 Å². The summed E-state index contributed by atoms with van der Waals surface area (Å²) in [4.78, 5) is 37.4. The van der Waals surface area contributed by atoms with E-state index < -0.39 is 28.4 Å². The molecule has 7 nitrogen and oxygen atoms in total. The molecule has 9 heteroatoms. The number of non-ortho nitro benzene ring substituents is 1. The molecular formula is C22H13F2N3O4. The van der Waals surface area contributed by atoms with Gasteiger partial charge in [0.1, 0.15) is 5.70 Å². The molecule has 0 atom stereocenters. The first-order valence-electron chi connectivity index (χ1n) is 9.02. The van der Waals surface area contributed by atoms with Crippen molar-refractivity contribution in [3.8, 4) is 0 Å². The predicted octanol–water partition coefficient (Wildman–Crippen LogP) is 4.27. The minimum Gasteiger partial charge on any atom is -0.350 e. The molecule has 0 aromatic heterocycles. The van der Waals surface area contributed by atoms with Gasteiger partial charge in [-0.3, -0.25) is 19.7 Å². The first kappa shape index (κ1) is 19.9. The molecule has 2 amide bonds. The standard InChI is InChI=1S/C22H13F2N3O4/c23-17-11-10-16(12-18(17)24)26-21(28)19(13-6-8-15(9-7-13)27(30)31)20(22(26)29)25-14-4-2-1-3-5-14/h1-12,25H. The zero-order valence-electron chi connectivity index (χ0n) is 15.7. The Balaban J connectivity index is 1.82. The van der Waals surface area contributed by atoms with E-state index in [4.69, 9.17) is 0 Å². The lowest BCUT2D eigenvalue weighted by atomic mass is 10.0. The van der Waals surface area contributed by atoms with E-state index in [1.807, 2.05) is 0 Å². The first-order valence-corrected chi connectivity index (χ1v) is 9.02. The molecule has 0 saturated carbocycles. The van der Waals surface area contributed by atoms with Crippen LogP contribution in [-0.2, 0) is 9.59 Å². The van der Waals surface area contributed by atoms with Crippen molar-refractivity contribution in [2.45, 2.75) is 0 Å². The summed E-state index contributed by atoms with van der Waals surface area (Å²) in [6.07, 6.45) is 0. The summed E-state index contributed by atoms with van der Waals surface area (Å²) in [7, 11) is 0. The number of carbonyl (C=O) groups excluding carboxylic acids is 2. The molecule has 0 unspecified atom stereocenters. The number of amides is 2. The molecule has 154 valence electrons. The van der Waals surface area contributed by atoms with Gasteiger partial charge in [0.2, 0.25) is 0 Å². The van der Waals surface area contributed by atoms with Crippen molar-refractivity contribution in [2.24, 2.45) is 0 Å². The highest BCUT2D eigenvalue weighted by Crippen LogP contribution is 2.34. The van der Waals surface area contributed by atoms with E-state index >= 15 is 0 Å². The molecule has 1 heterocycles. The van der Waals surface area contributed by atoms with Gasteiger partial charge in [-0.2, -0.15) is 0 Å². The van der Waals surface area contributed by atoms with Crippen LogP contribution in [0.3, 0.4) is 0 Å². The summed E-state index contributed by atoms with van der Waals surface area (Å²) < 4.78 is 27.1. The zero-order valence-corrected chi connectivity index (χ0v) is 15.7. The second-order valence-corrected chi connectivity index (χ2v) is 6.59. The Labute approximate surface area is 174 Å². The Morgan fingerprint density at radius 1 is 0.839 bits per heavy atom. The van der Waals surface area contributed by atoms with Crippen LogP contribution >= 0.6 is 0 Å². The van der Waals surface area contributed by atoms with Crippen molar-refractivity contribution in [2.75, 3.05) is 10.2 Å². The van der Waals surface area contributed by atoms with Gasteiger partial charge in [-0.1, -0.05) is 18.2 Å². The van der Waals surface area contributed by atoms with Crippen LogP contribution in [0, 0.1) is 21.7 Å². The van der Waals surface area contributed by atoms with E-state index in [1.165, 1.54) is 24.3 Å². The fourth-order valence-electron chi connectivity index (χ4n) is 3.19. The number of nitro benzene ring substituents is 1. The molecule has 4 rings (SSSR count). The van der Waals surface area contributed by atoms with Gasteiger partial charge in [-0.15, -0.1) is 0 Å². The SMILES string of the molecule is O=C1C(Nc2ccccc2)=C(c2ccc([N+](=O)[O-])cc2)C(=O)N1c1ccc(F)c(F)c1. The quantitative estimate of drug-likeness (QED) is 0.377. The fraction of sp³-hybridized carbons (Fsp3) is 0. The smallest absolute Gasteiger partial charge is 0.282 e. The summed E-state index contributed by atoms with van der Waals surface area (Å²) in [6, 6.07) is 16.4. The number of anilines is 2. The molecule has 0 aliphatic carbocycles. The molecule has 0 bridgehead atoms. The Morgan fingerprint density at radius 2 is 1.52 bits per heavy atom. The van der Waals surface area contributed by atoms with Gasteiger partial charge in [0, 0.05) is 23.9 Å². The van der Waals surface area contributed by atoms with E-state index in [9.17, 15) is 28.5 Å². The highest BCUT2D eigenvalue weighted by Gasteiger charge is 2.40. The van der Waals surface area contributed by atoms with E-state index in [2.05, 4.69) is 5.32 Å². The second-order valence-electron chi connectivity index (χ2n) is 6.59. The van der Waals surface area contributed by atoms with Crippen molar-refractivity contribution < 1.29 is 23.3 Å². The molecule has 0 radical (unpaired) electrons. The highest BCUT2D eigenvalue weighted by atomic mass is 19.2. The second kappa shape index (κ2) is 7.79. The fourth-order valence-corrected chi connectivity index (χ4v) is 3.19. The summed E-state index contributed by atoms with van der Waals surface area (Å²) >= 11 is 0. The number of rotatable bonds is 5. The summed E-state index contributed by atoms with van der Waals surface area (Å²) in [6.45, 7) is 0. The van der Waals surface area contributed by atoms with Crippen LogP contribution in [0.25, 0.3) is 5.57 Å². The van der Waals surface area contributed by atoms with Crippen molar-refractivity contribution in [1.82, 2.24) is 0 Å². The topological polar surface area (TPSA) is 92.5 Å². The summed E-state index contributed by atoms with van der Waals surface area (Å²) in [5, 5.41) is 13.8. The maximum absolute atomic E-state index is 13.8. The largest absolute Gasteiger partial charge is 0.350 e. The van der Waals surface area contributed by atoms with Gasteiger partial charge >= 0.3 is 0 Å². The molecular weight excluding hydrogens is 408 g/mol. The van der Waals surface area contributed by atoms with E-state index in [1.54, 1.807) is 30.3 Å². The molecule has 1 N–H and O–H groups in total. The molecule has 31 heavy (non-hydrogen) atoms. The van der Waals surface area contributed by atoms with Crippen LogP contribution in [0.2, 0.25) is 0 Å². The lowest BCUT2D eigenvalue weighted by Crippen LogP contribution is -2.32. The van der Waals surface area contributed by atoms with Crippen LogP contribution in [0.4, 0.5) is 25.8 Å². The minimum absolute atomic E-state index is 0.0477. The van der Waals surface area contributed by atoms with Crippen molar-refractivity contribution >= 4 is 34.4 Å². The molecule has 0 saturated heterocycles. The Morgan fingerprint density at radius 3 is 2.13 bits per heavy atom. The zero-order chi connectivity index (χ0) is 22.1. The van der Waals surface area contributed by atoms with Crippen LogP contribution in [0.1, 0.15) is 5.56 Å².